The third kappa shape index (κ3) is 32.3. The molecule has 0 spiro atoms. The van der Waals surface area contributed by atoms with Gasteiger partial charge in [-0.1, -0.05) is 121 Å². The van der Waals surface area contributed by atoms with Crippen LogP contribution in [-0.4, -0.2) is 35.6 Å². The van der Waals surface area contributed by atoms with E-state index in [9.17, 15) is 14.4 Å². The van der Waals surface area contributed by atoms with Crippen LogP contribution in [0.3, 0.4) is 0 Å². The number of unbranched alkanes of at least 4 members (excludes halogenated alkanes) is 14. The Kier molecular flexibility index (Phi) is 31.3. The minimum absolute atomic E-state index is 0.115. The normalized spacial score (nSPS) is 12.6. The highest BCUT2D eigenvalue weighted by atomic mass is 16.5. The fourth-order valence-corrected chi connectivity index (χ4v) is 4.77. The molecule has 0 radical (unpaired) electrons. The van der Waals surface area contributed by atoms with Gasteiger partial charge in [-0.25, -0.2) is 0 Å². The molecule has 0 aliphatic heterocycles. The molecule has 0 saturated carbocycles. The van der Waals surface area contributed by atoms with Gasteiger partial charge in [-0.15, -0.1) is 0 Å². The molecular formula is C38H65NO5. The van der Waals surface area contributed by atoms with Crippen molar-refractivity contribution in [1.82, 2.24) is 5.32 Å². The van der Waals surface area contributed by atoms with Crippen molar-refractivity contribution in [3.05, 3.63) is 48.6 Å². The van der Waals surface area contributed by atoms with Gasteiger partial charge in [0, 0.05) is 12.8 Å². The monoisotopic (exact) mass is 615 g/mol. The summed E-state index contributed by atoms with van der Waals surface area (Å²) in [5.74, 6) is -1.37. The minimum Gasteiger partial charge on any atom is -0.480 e. The summed E-state index contributed by atoms with van der Waals surface area (Å²) < 4.78 is 5.85. The van der Waals surface area contributed by atoms with E-state index in [1.807, 2.05) is 6.08 Å². The molecule has 252 valence electrons. The van der Waals surface area contributed by atoms with Gasteiger partial charge in [0.15, 0.2) is 0 Å². The predicted molar refractivity (Wildman–Crippen MR) is 185 cm³/mol. The highest BCUT2D eigenvalue weighted by Crippen LogP contribution is 2.14. The SMILES string of the molecule is CCCC/C=C\C/C=C\CCCCCCCC(=O)OC(/C=C\C/C=C\CCCCCC)CCCCCCC(=O)NCC(=O)O. The molecule has 0 aromatic rings. The Balaban J connectivity index is 4.28. The molecule has 44 heavy (non-hydrogen) atoms. The van der Waals surface area contributed by atoms with Crippen molar-refractivity contribution in [2.24, 2.45) is 0 Å². The van der Waals surface area contributed by atoms with Crippen LogP contribution in [0, 0.1) is 0 Å². The lowest BCUT2D eigenvalue weighted by molar-refractivity contribution is -0.147. The Morgan fingerprint density at radius 1 is 0.614 bits per heavy atom. The lowest BCUT2D eigenvalue weighted by atomic mass is 10.1. The van der Waals surface area contributed by atoms with E-state index in [0.717, 1.165) is 77.0 Å². The van der Waals surface area contributed by atoms with E-state index in [0.29, 0.717) is 12.8 Å². The first-order chi connectivity index (χ1) is 21.5. The summed E-state index contributed by atoms with van der Waals surface area (Å²) in [6.07, 6.45) is 40.9. The van der Waals surface area contributed by atoms with E-state index in [2.05, 4.69) is 61.7 Å². The van der Waals surface area contributed by atoms with Crippen LogP contribution in [0.15, 0.2) is 48.6 Å². The van der Waals surface area contributed by atoms with Crippen molar-refractivity contribution in [1.29, 1.82) is 0 Å². The fourth-order valence-electron chi connectivity index (χ4n) is 4.77. The Morgan fingerprint density at radius 3 is 1.77 bits per heavy atom. The maximum Gasteiger partial charge on any atom is 0.322 e. The lowest BCUT2D eigenvalue weighted by Gasteiger charge is -2.14. The van der Waals surface area contributed by atoms with Crippen LogP contribution in [0.5, 0.6) is 0 Å². The molecule has 0 bridgehead atoms. The zero-order valence-electron chi connectivity index (χ0n) is 28.2. The number of hydrogen-bond donors (Lipinski definition) is 2. The topological polar surface area (TPSA) is 92.7 Å². The van der Waals surface area contributed by atoms with Gasteiger partial charge < -0.3 is 15.2 Å². The first-order valence-corrected chi connectivity index (χ1v) is 17.8. The molecule has 1 amide bonds. The number of allylic oxidation sites excluding steroid dienone is 7. The van der Waals surface area contributed by atoms with Crippen LogP contribution in [0.4, 0.5) is 0 Å². The van der Waals surface area contributed by atoms with Crippen molar-refractivity contribution in [2.75, 3.05) is 6.54 Å². The Bertz CT molecular complexity index is 814. The van der Waals surface area contributed by atoms with Crippen LogP contribution >= 0.6 is 0 Å². The Hall–Kier alpha value is -2.63. The van der Waals surface area contributed by atoms with Gasteiger partial charge in [0.2, 0.25) is 5.91 Å². The molecule has 6 nitrogen and oxygen atoms in total. The molecule has 1 atom stereocenters. The van der Waals surface area contributed by atoms with Gasteiger partial charge in [-0.3, -0.25) is 14.4 Å². The van der Waals surface area contributed by atoms with Crippen molar-refractivity contribution < 1.29 is 24.2 Å². The molecule has 0 aromatic carbocycles. The summed E-state index contributed by atoms with van der Waals surface area (Å²) in [5, 5.41) is 11.0. The summed E-state index contributed by atoms with van der Waals surface area (Å²) in [5.41, 5.74) is 0. The average Bonchev–Trinajstić information content (AvgIpc) is 3.00. The number of ether oxygens (including phenoxy) is 1. The van der Waals surface area contributed by atoms with Crippen molar-refractivity contribution >= 4 is 17.8 Å². The van der Waals surface area contributed by atoms with Crippen LogP contribution in [-0.2, 0) is 19.1 Å². The number of carbonyl (C=O) groups is 3. The summed E-state index contributed by atoms with van der Waals surface area (Å²) in [4.78, 5) is 34.8. The molecule has 0 saturated heterocycles. The molecule has 0 aliphatic rings. The number of esters is 1. The number of carboxylic acids is 1. The molecule has 0 fully saturated rings. The molecule has 1 unspecified atom stereocenters. The van der Waals surface area contributed by atoms with Gasteiger partial charge >= 0.3 is 11.9 Å². The van der Waals surface area contributed by atoms with Gasteiger partial charge in [0.05, 0.1) is 0 Å². The average molecular weight is 616 g/mol. The minimum atomic E-state index is -1.03. The van der Waals surface area contributed by atoms with E-state index in [4.69, 9.17) is 9.84 Å². The molecule has 0 rings (SSSR count). The first kappa shape index (κ1) is 41.4. The maximum atomic E-state index is 12.6. The predicted octanol–water partition coefficient (Wildman–Crippen LogP) is 10.3. The number of carboxylic acid groups (broad SMARTS) is 1. The number of nitrogens with one attached hydrogen (secondary N) is 1. The van der Waals surface area contributed by atoms with Crippen LogP contribution in [0.1, 0.15) is 162 Å². The van der Waals surface area contributed by atoms with E-state index in [1.54, 1.807) is 0 Å². The first-order valence-electron chi connectivity index (χ1n) is 17.8. The standard InChI is InChI=1S/C38H65NO5/c1-3-5-7-9-11-13-14-15-16-17-19-21-23-29-33-38(43)44-35(30-26-22-20-18-12-10-8-6-4-2)31-27-24-25-28-32-36(40)39-34-37(41)42/h9,11,14-15,18,20,26,30,35H,3-8,10,12-13,16-17,19,21-25,27-29,31-34H2,1-2H3,(H,39,40)(H,41,42)/b11-9-,15-14-,20-18-,30-26-. The molecule has 6 heteroatoms. The van der Waals surface area contributed by atoms with Crippen LogP contribution in [0.25, 0.3) is 0 Å². The van der Waals surface area contributed by atoms with Gasteiger partial charge in [0.1, 0.15) is 12.6 Å². The van der Waals surface area contributed by atoms with Gasteiger partial charge in [-0.2, -0.15) is 0 Å². The summed E-state index contributed by atoms with van der Waals surface area (Å²) >= 11 is 0. The van der Waals surface area contributed by atoms with E-state index < -0.39 is 5.97 Å². The second-order valence-electron chi connectivity index (χ2n) is 11.8. The lowest BCUT2D eigenvalue weighted by Crippen LogP contribution is -2.28. The highest BCUT2D eigenvalue weighted by Gasteiger charge is 2.11. The summed E-state index contributed by atoms with van der Waals surface area (Å²) in [6, 6.07) is 0. The van der Waals surface area contributed by atoms with Crippen molar-refractivity contribution in [3.8, 4) is 0 Å². The second kappa shape index (κ2) is 33.3. The van der Waals surface area contributed by atoms with Crippen molar-refractivity contribution in [3.63, 3.8) is 0 Å². The largest absolute Gasteiger partial charge is 0.480 e. The Labute approximate surface area is 269 Å². The number of amides is 1. The van der Waals surface area contributed by atoms with E-state index in [-0.39, 0.29) is 24.5 Å². The van der Waals surface area contributed by atoms with Gasteiger partial charge in [-0.05, 0) is 76.7 Å². The smallest absolute Gasteiger partial charge is 0.322 e. The Morgan fingerprint density at radius 2 is 1.14 bits per heavy atom. The molecular weight excluding hydrogens is 550 g/mol. The fraction of sp³-hybridized carbons (Fsp3) is 0.711. The third-order valence-corrected chi connectivity index (χ3v) is 7.46. The second-order valence-corrected chi connectivity index (χ2v) is 11.8. The summed E-state index contributed by atoms with van der Waals surface area (Å²) in [7, 11) is 0. The van der Waals surface area contributed by atoms with E-state index >= 15 is 0 Å². The summed E-state index contributed by atoms with van der Waals surface area (Å²) in [6.45, 7) is 4.12. The molecule has 0 aliphatic carbocycles. The van der Waals surface area contributed by atoms with Crippen LogP contribution in [0.2, 0.25) is 0 Å². The number of hydrogen-bond acceptors (Lipinski definition) is 4. The number of rotatable bonds is 31. The maximum absolute atomic E-state index is 12.6. The van der Waals surface area contributed by atoms with Gasteiger partial charge in [0.25, 0.3) is 0 Å². The zero-order chi connectivity index (χ0) is 32.4. The number of aliphatic carboxylic acids is 1. The molecule has 0 aromatic heterocycles. The quantitative estimate of drug-likeness (QED) is 0.0460. The molecule has 2 N–H and O–H groups in total. The van der Waals surface area contributed by atoms with Crippen molar-refractivity contribution in [2.45, 2.75) is 168 Å². The van der Waals surface area contributed by atoms with Crippen LogP contribution < -0.4 is 5.32 Å². The molecule has 0 heterocycles. The number of carbonyl (C=O) groups excluding carboxylic acids is 2. The highest BCUT2D eigenvalue weighted by molar-refractivity contribution is 5.80. The third-order valence-electron chi connectivity index (χ3n) is 7.46. The van der Waals surface area contributed by atoms with E-state index in [1.165, 1.54) is 57.8 Å². The zero-order valence-corrected chi connectivity index (χ0v) is 28.2.